The second-order valence-electron chi connectivity index (χ2n) is 5.11. The van der Waals surface area contributed by atoms with E-state index in [9.17, 15) is 14.0 Å². The summed E-state index contributed by atoms with van der Waals surface area (Å²) < 4.78 is 17.9. The standard InChI is InChI=1S/C18H18FNO3/c1-13(18(22)20-16-10-8-15(19)9-11-16)23-17(21)12-7-14-5-3-2-4-6-14/h2-6,8-11,13H,7,12H2,1H3,(H,20,22)/t13-/m1/s1. The van der Waals surface area contributed by atoms with Crippen LogP contribution < -0.4 is 5.32 Å². The lowest BCUT2D eigenvalue weighted by Crippen LogP contribution is -2.30. The van der Waals surface area contributed by atoms with Crippen LogP contribution >= 0.6 is 0 Å². The Balaban J connectivity index is 1.78. The summed E-state index contributed by atoms with van der Waals surface area (Å²) in [5.41, 5.74) is 1.48. The summed E-state index contributed by atoms with van der Waals surface area (Å²) in [6.45, 7) is 1.50. The third-order valence-corrected chi connectivity index (χ3v) is 3.25. The topological polar surface area (TPSA) is 55.4 Å². The highest BCUT2D eigenvalue weighted by Gasteiger charge is 2.17. The van der Waals surface area contributed by atoms with E-state index in [0.717, 1.165) is 5.56 Å². The van der Waals surface area contributed by atoms with E-state index in [0.29, 0.717) is 12.1 Å². The molecule has 0 fully saturated rings. The van der Waals surface area contributed by atoms with E-state index in [1.165, 1.54) is 31.2 Å². The van der Waals surface area contributed by atoms with Gasteiger partial charge >= 0.3 is 5.97 Å². The van der Waals surface area contributed by atoms with Crippen molar-refractivity contribution in [2.75, 3.05) is 5.32 Å². The number of benzene rings is 2. The minimum absolute atomic E-state index is 0.207. The van der Waals surface area contributed by atoms with Crippen LogP contribution in [0.2, 0.25) is 0 Å². The molecular formula is C18H18FNO3. The number of esters is 1. The smallest absolute Gasteiger partial charge is 0.306 e. The van der Waals surface area contributed by atoms with Crippen molar-refractivity contribution < 1.29 is 18.7 Å². The first-order valence-corrected chi connectivity index (χ1v) is 7.34. The van der Waals surface area contributed by atoms with E-state index in [-0.39, 0.29) is 12.2 Å². The van der Waals surface area contributed by atoms with Crippen LogP contribution in [0.1, 0.15) is 18.9 Å². The Morgan fingerprint density at radius 3 is 2.39 bits per heavy atom. The van der Waals surface area contributed by atoms with Crippen LogP contribution in [0.15, 0.2) is 54.6 Å². The van der Waals surface area contributed by atoms with Crippen molar-refractivity contribution in [3.8, 4) is 0 Å². The first kappa shape index (κ1) is 16.7. The van der Waals surface area contributed by atoms with Gasteiger partial charge in [0.2, 0.25) is 0 Å². The van der Waals surface area contributed by atoms with Gasteiger partial charge in [-0.25, -0.2) is 4.39 Å². The van der Waals surface area contributed by atoms with Gasteiger partial charge in [-0.1, -0.05) is 30.3 Å². The average Bonchev–Trinajstić information content (AvgIpc) is 2.56. The normalized spacial score (nSPS) is 11.6. The van der Waals surface area contributed by atoms with Crippen LogP contribution in [0, 0.1) is 5.82 Å². The number of hydrogen-bond acceptors (Lipinski definition) is 3. The monoisotopic (exact) mass is 315 g/mol. The zero-order valence-electron chi connectivity index (χ0n) is 12.8. The fourth-order valence-corrected chi connectivity index (χ4v) is 1.98. The van der Waals surface area contributed by atoms with Crippen molar-refractivity contribution in [2.24, 2.45) is 0 Å². The van der Waals surface area contributed by atoms with Gasteiger partial charge in [0.05, 0.1) is 0 Å². The zero-order valence-corrected chi connectivity index (χ0v) is 12.8. The summed E-state index contributed by atoms with van der Waals surface area (Å²) in [4.78, 5) is 23.7. The fraction of sp³-hybridized carbons (Fsp3) is 0.222. The molecule has 0 aliphatic heterocycles. The second-order valence-corrected chi connectivity index (χ2v) is 5.11. The van der Waals surface area contributed by atoms with Crippen LogP contribution in [0.25, 0.3) is 0 Å². The number of carbonyl (C=O) groups is 2. The van der Waals surface area contributed by atoms with Crippen molar-refractivity contribution in [1.82, 2.24) is 0 Å². The molecular weight excluding hydrogens is 297 g/mol. The van der Waals surface area contributed by atoms with Gasteiger partial charge in [-0.05, 0) is 43.2 Å². The lowest BCUT2D eigenvalue weighted by molar-refractivity contribution is -0.153. The van der Waals surface area contributed by atoms with Crippen molar-refractivity contribution >= 4 is 17.6 Å². The highest BCUT2D eigenvalue weighted by Crippen LogP contribution is 2.10. The van der Waals surface area contributed by atoms with Crippen LogP contribution in [0.4, 0.5) is 10.1 Å². The second kappa shape index (κ2) is 8.08. The summed E-state index contributed by atoms with van der Waals surface area (Å²) in [7, 11) is 0. The summed E-state index contributed by atoms with van der Waals surface area (Å²) in [5, 5.41) is 2.57. The molecule has 120 valence electrons. The van der Waals surface area contributed by atoms with E-state index in [2.05, 4.69) is 5.32 Å². The zero-order chi connectivity index (χ0) is 16.7. The predicted molar refractivity (Wildman–Crippen MR) is 85.3 cm³/mol. The molecule has 0 aliphatic carbocycles. The maximum atomic E-state index is 12.8. The van der Waals surface area contributed by atoms with Crippen molar-refractivity contribution in [1.29, 1.82) is 0 Å². The molecule has 23 heavy (non-hydrogen) atoms. The Morgan fingerprint density at radius 1 is 1.09 bits per heavy atom. The molecule has 1 atom stereocenters. The van der Waals surface area contributed by atoms with Gasteiger partial charge in [-0.15, -0.1) is 0 Å². The predicted octanol–water partition coefficient (Wildman–Crippen LogP) is 3.33. The van der Waals surface area contributed by atoms with E-state index < -0.39 is 18.0 Å². The number of anilines is 1. The number of ether oxygens (including phenoxy) is 1. The molecule has 5 heteroatoms. The SMILES string of the molecule is C[C@@H](OC(=O)CCc1ccccc1)C(=O)Nc1ccc(F)cc1. The molecule has 0 saturated heterocycles. The average molecular weight is 315 g/mol. The molecule has 2 aromatic rings. The van der Waals surface area contributed by atoms with Gasteiger partial charge in [-0.3, -0.25) is 9.59 Å². The third kappa shape index (κ3) is 5.54. The van der Waals surface area contributed by atoms with Gasteiger partial charge in [0.15, 0.2) is 6.10 Å². The summed E-state index contributed by atoms with van der Waals surface area (Å²) in [6, 6.07) is 14.9. The Morgan fingerprint density at radius 2 is 1.74 bits per heavy atom. The van der Waals surface area contributed by atoms with Gasteiger partial charge < -0.3 is 10.1 Å². The molecule has 0 bridgehead atoms. The van der Waals surface area contributed by atoms with E-state index in [1.54, 1.807) is 0 Å². The van der Waals surface area contributed by atoms with Gasteiger partial charge in [0, 0.05) is 12.1 Å². The van der Waals surface area contributed by atoms with Crippen LogP contribution in [-0.4, -0.2) is 18.0 Å². The lowest BCUT2D eigenvalue weighted by Gasteiger charge is -2.13. The maximum Gasteiger partial charge on any atom is 0.306 e. The number of hydrogen-bond donors (Lipinski definition) is 1. The highest BCUT2D eigenvalue weighted by atomic mass is 19.1. The Kier molecular flexibility index (Phi) is 5.86. The lowest BCUT2D eigenvalue weighted by atomic mass is 10.1. The van der Waals surface area contributed by atoms with Crippen LogP contribution in [0.3, 0.4) is 0 Å². The number of rotatable bonds is 6. The number of carbonyl (C=O) groups excluding carboxylic acids is 2. The van der Waals surface area contributed by atoms with Gasteiger partial charge in [-0.2, -0.15) is 0 Å². The van der Waals surface area contributed by atoms with Crippen LogP contribution in [-0.2, 0) is 20.7 Å². The Hall–Kier alpha value is -2.69. The molecule has 0 aromatic heterocycles. The molecule has 0 heterocycles. The highest BCUT2D eigenvalue weighted by molar-refractivity contribution is 5.95. The number of aryl methyl sites for hydroxylation is 1. The Bertz CT molecular complexity index is 656. The van der Waals surface area contributed by atoms with Gasteiger partial charge in [0.25, 0.3) is 5.91 Å². The summed E-state index contributed by atoms with van der Waals surface area (Å²) >= 11 is 0. The molecule has 1 N–H and O–H groups in total. The number of amides is 1. The third-order valence-electron chi connectivity index (χ3n) is 3.25. The molecule has 4 nitrogen and oxygen atoms in total. The van der Waals surface area contributed by atoms with Crippen molar-refractivity contribution in [3.05, 3.63) is 66.0 Å². The van der Waals surface area contributed by atoms with Crippen molar-refractivity contribution in [3.63, 3.8) is 0 Å². The molecule has 0 aliphatic rings. The minimum atomic E-state index is -0.914. The van der Waals surface area contributed by atoms with E-state index in [1.807, 2.05) is 30.3 Å². The molecule has 1 amide bonds. The van der Waals surface area contributed by atoms with Crippen molar-refractivity contribution in [2.45, 2.75) is 25.9 Å². The quantitative estimate of drug-likeness (QED) is 0.832. The first-order valence-electron chi connectivity index (χ1n) is 7.34. The molecule has 0 spiro atoms. The molecule has 0 unspecified atom stereocenters. The van der Waals surface area contributed by atoms with E-state index in [4.69, 9.17) is 4.74 Å². The minimum Gasteiger partial charge on any atom is -0.453 e. The summed E-state index contributed by atoms with van der Waals surface area (Å²) in [6.07, 6.45) is -0.146. The molecule has 2 aromatic carbocycles. The Labute approximate surface area is 134 Å². The first-order chi connectivity index (χ1) is 11.0. The number of nitrogens with one attached hydrogen (secondary N) is 1. The largest absolute Gasteiger partial charge is 0.453 e. The van der Waals surface area contributed by atoms with Crippen LogP contribution in [0.5, 0.6) is 0 Å². The molecule has 0 radical (unpaired) electrons. The van der Waals surface area contributed by atoms with Gasteiger partial charge in [0.1, 0.15) is 5.82 Å². The maximum absolute atomic E-state index is 12.8. The number of halogens is 1. The molecule has 0 saturated carbocycles. The molecule has 2 rings (SSSR count). The van der Waals surface area contributed by atoms with E-state index >= 15 is 0 Å². The summed E-state index contributed by atoms with van der Waals surface area (Å²) in [5.74, 6) is -1.27. The fourth-order valence-electron chi connectivity index (χ4n) is 1.98.